The molecular weight excluding hydrogens is 316 g/mol. The molecule has 1 atom stereocenters. The van der Waals surface area contributed by atoms with E-state index in [9.17, 15) is 14.4 Å². The molecule has 0 bridgehead atoms. The lowest BCUT2D eigenvalue weighted by atomic mass is 10.1. The van der Waals surface area contributed by atoms with Crippen LogP contribution in [0.25, 0.3) is 0 Å². The first-order valence-electron chi connectivity index (χ1n) is 7.33. The predicted octanol–water partition coefficient (Wildman–Crippen LogP) is 1.02. The summed E-state index contributed by atoms with van der Waals surface area (Å²) in [6, 6.07) is 4.65. The minimum Gasteiger partial charge on any atom is -0.497 e. The minimum absolute atomic E-state index is 0.0773. The summed E-state index contributed by atoms with van der Waals surface area (Å²) in [5.41, 5.74) is 0.839. The number of ether oxygens (including phenoxy) is 3. The third kappa shape index (κ3) is 6.15. The van der Waals surface area contributed by atoms with Crippen LogP contribution < -0.4 is 20.1 Å². The highest BCUT2D eigenvalue weighted by Crippen LogP contribution is 2.23. The molecule has 0 spiro atoms. The Morgan fingerprint density at radius 1 is 1.08 bits per heavy atom. The maximum absolute atomic E-state index is 11.8. The van der Waals surface area contributed by atoms with Gasteiger partial charge in [-0.15, -0.1) is 0 Å². The van der Waals surface area contributed by atoms with Crippen LogP contribution in [0.15, 0.2) is 18.2 Å². The first-order chi connectivity index (χ1) is 11.4. The Hall–Kier alpha value is -2.77. The normalized spacial score (nSPS) is 11.2. The number of rotatable bonds is 7. The van der Waals surface area contributed by atoms with Gasteiger partial charge in [0.15, 0.2) is 6.10 Å². The number of aryl methyl sites for hydroxylation is 1. The second-order valence-corrected chi connectivity index (χ2v) is 4.92. The van der Waals surface area contributed by atoms with Gasteiger partial charge in [-0.2, -0.15) is 0 Å². The summed E-state index contributed by atoms with van der Waals surface area (Å²) in [5, 5.41) is 4.28. The number of methoxy groups -OCH3 is 2. The van der Waals surface area contributed by atoms with Crippen LogP contribution in [0.5, 0.6) is 11.5 Å². The van der Waals surface area contributed by atoms with E-state index in [4.69, 9.17) is 14.2 Å². The highest BCUT2D eigenvalue weighted by atomic mass is 16.5. The van der Waals surface area contributed by atoms with Gasteiger partial charge in [-0.1, -0.05) is 0 Å². The summed E-state index contributed by atoms with van der Waals surface area (Å²) >= 11 is 0. The summed E-state index contributed by atoms with van der Waals surface area (Å²) in [6.45, 7) is 1.39. The van der Waals surface area contributed by atoms with Crippen molar-refractivity contribution in [3.8, 4) is 11.5 Å². The van der Waals surface area contributed by atoms with Gasteiger partial charge in [0.2, 0.25) is 0 Å². The maximum Gasteiger partial charge on any atom is 0.321 e. The van der Waals surface area contributed by atoms with Crippen LogP contribution in [0.2, 0.25) is 0 Å². The Bertz CT molecular complexity index is 580. The van der Waals surface area contributed by atoms with E-state index in [1.54, 1.807) is 32.4 Å². The minimum atomic E-state index is -1.06. The van der Waals surface area contributed by atoms with E-state index in [2.05, 4.69) is 5.32 Å². The fourth-order valence-electron chi connectivity index (χ4n) is 1.84. The van der Waals surface area contributed by atoms with Crippen LogP contribution in [0.4, 0.5) is 4.79 Å². The lowest BCUT2D eigenvalue weighted by Crippen LogP contribution is -2.43. The third-order valence-corrected chi connectivity index (χ3v) is 3.17. The standard InChI is InChI=1S/C16H22N2O6/c1-10(15(20)18-16(21)17-2)24-14(19)6-5-11-7-12(22-3)9-13(8-11)23-4/h7-10H,5-6H2,1-4H3,(H2,17,18,20,21)/t10-/m0/s1. The van der Waals surface area contributed by atoms with Crippen molar-refractivity contribution in [2.24, 2.45) is 0 Å². The molecule has 0 unspecified atom stereocenters. The summed E-state index contributed by atoms with van der Waals surface area (Å²) in [4.78, 5) is 34.5. The molecule has 8 nitrogen and oxygen atoms in total. The zero-order valence-corrected chi connectivity index (χ0v) is 14.2. The molecule has 0 radical (unpaired) electrons. The average molecular weight is 338 g/mol. The van der Waals surface area contributed by atoms with Crippen molar-refractivity contribution in [2.75, 3.05) is 21.3 Å². The number of amides is 3. The number of esters is 1. The lowest BCUT2D eigenvalue weighted by Gasteiger charge is -2.13. The molecule has 0 aliphatic carbocycles. The van der Waals surface area contributed by atoms with Gasteiger partial charge >= 0.3 is 12.0 Å². The van der Waals surface area contributed by atoms with Crippen LogP contribution in [0.3, 0.4) is 0 Å². The van der Waals surface area contributed by atoms with Crippen LogP contribution >= 0.6 is 0 Å². The van der Waals surface area contributed by atoms with Gasteiger partial charge in [0.1, 0.15) is 11.5 Å². The van der Waals surface area contributed by atoms with Crippen molar-refractivity contribution < 1.29 is 28.6 Å². The monoisotopic (exact) mass is 338 g/mol. The van der Waals surface area contributed by atoms with Gasteiger partial charge in [-0.05, 0) is 31.0 Å². The van der Waals surface area contributed by atoms with Crippen molar-refractivity contribution >= 4 is 17.9 Å². The van der Waals surface area contributed by atoms with Crippen molar-refractivity contribution in [1.29, 1.82) is 0 Å². The number of urea groups is 1. The number of imide groups is 1. The quantitative estimate of drug-likeness (QED) is 0.720. The molecular formula is C16H22N2O6. The molecule has 24 heavy (non-hydrogen) atoms. The Morgan fingerprint density at radius 3 is 2.17 bits per heavy atom. The highest BCUT2D eigenvalue weighted by molar-refractivity contribution is 5.96. The van der Waals surface area contributed by atoms with E-state index in [1.165, 1.54) is 14.0 Å². The molecule has 2 N–H and O–H groups in total. The second-order valence-electron chi connectivity index (χ2n) is 4.92. The highest BCUT2D eigenvalue weighted by Gasteiger charge is 2.19. The van der Waals surface area contributed by atoms with Gasteiger partial charge < -0.3 is 19.5 Å². The summed E-state index contributed by atoms with van der Waals surface area (Å²) in [7, 11) is 4.46. The van der Waals surface area contributed by atoms with Crippen LogP contribution in [0.1, 0.15) is 18.9 Å². The fraction of sp³-hybridized carbons (Fsp3) is 0.438. The molecule has 8 heteroatoms. The Kier molecular flexibility index (Phi) is 7.54. The molecule has 3 amide bonds. The number of carbonyl (C=O) groups is 3. The van der Waals surface area contributed by atoms with Crippen LogP contribution in [-0.2, 0) is 20.7 Å². The predicted molar refractivity (Wildman–Crippen MR) is 86.0 cm³/mol. The van der Waals surface area contributed by atoms with E-state index in [1.807, 2.05) is 5.32 Å². The van der Waals surface area contributed by atoms with Crippen molar-refractivity contribution in [3.05, 3.63) is 23.8 Å². The van der Waals surface area contributed by atoms with Gasteiger partial charge in [-0.3, -0.25) is 14.9 Å². The molecule has 1 aromatic rings. The SMILES string of the molecule is CNC(=O)NC(=O)[C@H](C)OC(=O)CCc1cc(OC)cc(OC)c1. The van der Waals surface area contributed by atoms with Crippen LogP contribution in [-0.4, -0.2) is 45.3 Å². The smallest absolute Gasteiger partial charge is 0.321 e. The van der Waals surface area contributed by atoms with E-state index in [-0.39, 0.29) is 6.42 Å². The molecule has 1 rings (SSSR count). The largest absolute Gasteiger partial charge is 0.497 e. The van der Waals surface area contributed by atoms with E-state index in [0.717, 1.165) is 5.56 Å². The van der Waals surface area contributed by atoms with Crippen molar-refractivity contribution in [1.82, 2.24) is 10.6 Å². The van der Waals surface area contributed by atoms with Crippen molar-refractivity contribution in [3.63, 3.8) is 0 Å². The molecule has 0 saturated carbocycles. The summed E-state index contributed by atoms with van der Waals surface area (Å²) < 4.78 is 15.3. The average Bonchev–Trinajstić information content (AvgIpc) is 2.59. The zero-order valence-electron chi connectivity index (χ0n) is 14.2. The van der Waals surface area contributed by atoms with E-state index < -0.39 is 24.0 Å². The van der Waals surface area contributed by atoms with Gasteiger partial charge in [-0.25, -0.2) is 4.79 Å². The molecule has 132 valence electrons. The van der Waals surface area contributed by atoms with Crippen molar-refractivity contribution in [2.45, 2.75) is 25.9 Å². The van der Waals surface area contributed by atoms with Gasteiger partial charge in [0.05, 0.1) is 14.2 Å². The first-order valence-corrected chi connectivity index (χ1v) is 7.33. The first kappa shape index (κ1) is 19.3. The molecule has 1 aromatic carbocycles. The maximum atomic E-state index is 11.8. The van der Waals surface area contributed by atoms with E-state index in [0.29, 0.717) is 17.9 Å². The Balaban J connectivity index is 2.54. The number of hydrogen-bond donors (Lipinski definition) is 2. The molecule has 0 aromatic heterocycles. The number of nitrogens with one attached hydrogen (secondary N) is 2. The molecule has 0 aliphatic heterocycles. The number of hydrogen-bond acceptors (Lipinski definition) is 6. The van der Waals surface area contributed by atoms with Gasteiger partial charge in [0.25, 0.3) is 5.91 Å². The lowest BCUT2D eigenvalue weighted by molar-refractivity contribution is -0.154. The zero-order chi connectivity index (χ0) is 18.1. The Labute approximate surface area is 140 Å². The second kappa shape index (κ2) is 9.39. The topological polar surface area (TPSA) is 103 Å². The molecule has 0 fully saturated rings. The molecule has 0 saturated heterocycles. The molecule has 0 heterocycles. The summed E-state index contributed by atoms with van der Waals surface area (Å²) in [6.07, 6.45) is -0.584. The number of carbonyl (C=O) groups excluding carboxylic acids is 3. The third-order valence-electron chi connectivity index (χ3n) is 3.17. The number of benzene rings is 1. The summed E-state index contributed by atoms with van der Waals surface area (Å²) in [5.74, 6) is 0.00850. The molecule has 0 aliphatic rings. The van der Waals surface area contributed by atoms with Gasteiger partial charge in [0, 0.05) is 19.5 Å². The fourth-order valence-corrected chi connectivity index (χ4v) is 1.84. The van der Waals surface area contributed by atoms with Crippen LogP contribution in [0, 0.1) is 0 Å². The van der Waals surface area contributed by atoms with E-state index >= 15 is 0 Å². The Morgan fingerprint density at radius 2 is 1.67 bits per heavy atom.